The molecule has 0 fully saturated rings. The molecule has 4 rings (SSSR count). The highest BCUT2D eigenvalue weighted by atomic mass is 35.5. The van der Waals surface area contributed by atoms with Gasteiger partial charge in [-0.2, -0.15) is 0 Å². The second-order valence-corrected chi connectivity index (χ2v) is 8.26. The first-order valence-corrected chi connectivity index (χ1v) is 10.4. The van der Waals surface area contributed by atoms with E-state index in [1.807, 2.05) is 31.2 Å². The monoisotopic (exact) mass is 460 g/mol. The van der Waals surface area contributed by atoms with Gasteiger partial charge in [0.2, 0.25) is 0 Å². The molecule has 7 nitrogen and oxygen atoms in total. The van der Waals surface area contributed by atoms with Crippen LogP contribution in [0.3, 0.4) is 0 Å². The number of esters is 1. The lowest BCUT2D eigenvalue weighted by molar-refractivity contribution is -0.148. The Labute approximate surface area is 188 Å². The number of para-hydroxylation sites is 1. The van der Waals surface area contributed by atoms with Crippen molar-refractivity contribution in [3.8, 4) is 0 Å². The predicted octanol–water partition coefficient (Wildman–Crippen LogP) is 3.50. The van der Waals surface area contributed by atoms with E-state index in [-0.39, 0.29) is 33.1 Å². The first kappa shape index (κ1) is 21.3. The number of fused-ring (bicyclic) bond motifs is 2. The van der Waals surface area contributed by atoms with Crippen LogP contribution in [0.15, 0.2) is 36.4 Å². The number of rotatable bonds is 4. The summed E-state index contributed by atoms with van der Waals surface area (Å²) in [5.74, 6) is -2.56. The van der Waals surface area contributed by atoms with Crippen LogP contribution in [0, 0.1) is 0 Å². The minimum absolute atomic E-state index is 0.0353. The van der Waals surface area contributed by atoms with Crippen LogP contribution >= 0.6 is 23.2 Å². The quantitative estimate of drug-likeness (QED) is 0.514. The number of imide groups is 1. The van der Waals surface area contributed by atoms with Gasteiger partial charge in [0.25, 0.3) is 17.7 Å². The van der Waals surface area contributed by atoms with Gasteiger partial charge in [0.15, 0.2) is 6.61 Å². The summed E-state index contributed by atoms with van der Waals surface area (Å²) in [4.78, 5) is 52.4. The normalized spacial score (nSPS) is 17.5. The molecule has 0 N–H and O–H groups in total. The average molecular weight is 461 g/mol. The molecule has 2 aliphatic rings. The molecule has 160 valence electrons. The zero-order valence-electron chi connectivity index (χ0n) is 16.6. The standard InChI is InChI=1S/C22H18Cl2N2O5/c1-12-6-7-13-4-2-3-5-18(13)26(12)19(27)11-31-20(28)10-25-21(29)14-8-16(23)17(24)9-15(14)22(25)30/h2-5,8-9,12H,6-7,10-11H2,1H3. The highest BCUT2D eigenvalue weighted by Gasteiger charge is 2.38. The molecule has 0 saturated carbocycles. The SMILES string of the molecule is CC1CCc2ccccc2N1C(=O)COC(=O)CN1C(=O)c2cc(Cl)c(Cl)cc2C1=O. The van der Waals surface area contributed by atoms with Gasteiger partial charge in [-0.15, -0.1) is 0 Å². The Bertz CT molecular complexity index is 1080. The summed E-state index contributed by atoms with van der Waals surface area (Å²) in [6, 6.07) is 10.2. The maximum absolute atomic E-state index is 12.8. The van der Waals surface area contributed by atoms with Crippen LogP contribution in [0.1, 0.15) is 39.6 Å². The van der Waals surface area contributed by atoms with E-state index >= 15 is 0 Å². The minimum Gasteiger partial charge on any atom is -0.454 e. The molecular formula is C22H18Cl2N2O5. The van der Waals surface area contributed by atoms with Crippen LogP contribution in [-0.4, -0.2) is 47.8 Å². The summed E-state index contributed by atoms with van der Waals surface area (Å²) >= 11 is 11.8. The minimum atomic E-state index is -0.863. The molecule has 2 aliphatic heterocycles. The predicted molar refractivity (Wildman–Crippen MR) is 114 cm³/mol. The van der Waals surface area contributed by atoms with Gasteiger partial charge >= 0.3 is 5.97 Å². The van der Waals surface area contributed by atoms with Crippen molar-refractivity contribution in [1.29, 1.82) is 0 Å². The van der Waals surface area contributed by atoms with Crippen molar-refractivity contribution in [2.45, 2.75) is 25.8 Å². The number of halogens is 2. The third-order valence-corrected chi connectivity index (χ3v) is 6.17. The maximum atomic E-state index is 12.8. The smallest absolute Gasteiger partial charge is 0.326 e. The summed E-state index contributed by atoms with van der Waals surface area (Å²) in [5, 5.41) is 0.264. The van der Waals surface area contributed by atoms with Crippen molar-refractivity contribution in [2.75, 3.05) is 18.1 Å². The number of hydrogen-bond acceptors (Lipinski definition) is 5. The van der Waals surface area contributed by atoms with Gasteiger partial charge in [-0.05, 0) is 43.5 Å². The van der Waals surface area contributed by atoms with Crippen LogP contribution < -0.4 is 4.90 Å². The van der Waals surface area contributed by atoms with Crippen molar-refractivity contribution in [2.24, 2.45) is 0 Å². The van der Waals surface area contributed by atoms with Gasteiger partial charge in [-0.1, -0.05) is 41.4 Å². The molecule has 3 amide bonds. The average Bonchev–Trinajstić information content (AvgIpc) is 2.96. The van der Waals surface area contributed by atoms with E-state index in [0.29, 0.717) is 0 Å². The maximum Gasteiger partial charge on any atom is 0.326 e. The molecule has 9 heteroatoms. The zero-order valence-corrected chi connectivity index (χ0v) is 18.1. The van der Waals surface area contributed by atoms with Gasteiger partial charge in [0.05, 0.1) is 21.2 Å². The van der Waals surface area contributed by atoms with Crippen LogP contribution in [-0.2, 0) is 20.7 Å². The molecule has 31 heavy (non-hydrogen) atoms. The first-order chi connectivity index (χ1) is 14.8. The molecule has 0 bridgehead atoms. The molecule has 2 aromatic rings. The van der Waals surface area contributed by atoms with Crippen molar-refractivity contribution in [1.82, 2.24) is 4.90 Å². The molecule has 0 saturated heterocycles. The molecule has 1 unspecified atom stereocenters. The van der Waals surface area contributed by atoms with E-state index in [2.05, 4.69) is 0 Å². The summed E-state index contributed by atoms with van der Waals surface area (Å²) < 4.78 is 5.10. The van der Waals surface area contributed by atoms with Crippen LogP contribution in [0.25, 0.3) is 0 Å². The first-order valence-electron chi connectivity index (χ1n) is 9.68. The number of ether oxygens (including phenoxy) is 1. The Kier molecular flexibility index (Phi) is 5.73. The van der Waals surface area contributed by atoms with E-state index in [0.717, 1.165) is 29.0 Å². The fourth-order valence-corrected chi connectivity index (χ4v) is 4.21. The van der Waals surface area contributed by atoms with Crippen molar-refractivity contribution in [3.05, 3.63) is 63.1 Å². The van der Waals surface area contributed by atoms with E-state index in [1.54, 1.807) is 4.90 Å². The van der Waals surface area contributed by atoms with Gasteiger partial charge in [-0.3, -0.25) is 24.1 Å². The van der Waals surface area contributed by atoms with Gasteiger partial charge in [0.1, 0.15) is 6.54 Å². The molecule has 0 spiro atoms. The molecule has 2 aromatic carbocycles. The van der Waals surface area contributed by atoms with E-state index < -0.39 is 30.9 Å². The van der Waals surface area contributed by atoms with Gasteiger partial charge in [0, 0.05) is 11.7 Å². The van der Waals surface area contributed by atoms with Crippen LogP contribution in [0.2, 0.25) is 10.0 Å². The number of aryl methyl sites for hydroxylation is 1. The van der Waals surface area contributed by atoms with Crippen molar-refractivity contribution >= 4 is 52.6 Å². The lowest BCUT2D eigenvalue weighted by Gasteiger charge is -2.35. The fourth-order valence-electron chi connectivity index (χ4n) is 3.88. The fraction of sp³-hybridized carbons (Fsp3) is 0.273. The summed E-state index contributed by atoms with van der Waals surface area (Å²) in [6.45, 7) is 0.837. The Morgan fingerprint density at radius 2 is 1.68 bits per heavy atom. The number of carbonyl (C=O) groups excluding carboxylic acids is 4. The molecule has 0 aliphatic carbocycles. The number of anilines is 1. The molecule has 0 aromatic heterocycles. The third kappa shape index (κ3) is 3.91. The Hall–Kier alpha value is -2.90. The van der Waals surface area contributed by atoms with Gasteiger partial charge in [-0.25, -0.2) is 0 Å². The Balaban J connectivity index is 1.41. The van der Waals surface area contributed by atoms with Crippen molar-refractivity contribution in [3.63, 3.8) is 0 Å². The Morgan fingerprint density at radius 3 is 2.32 bits per heavy atom. The highest BCUT2D eigenvalue weighted by Crippen LogP contribution is 2.32. The largest absolute Gasteiger partial charge is 0.454 e. The second-order valence-electron chi connectivity index (χ2n) is 7.45. The highest BCUT2D eigenvalue weighted by molar-refractivity contribution is 6.43. The second kappa shape index (κ2) is 8.32. The molecule has 1 atom stereocenters. The molecular weight excluding hydrogens is 443 g/mol. The van der Waals surface area contributed by atoms with E-state index in [9.17, 15) is 19.2 Å². The van der Waals surface area contributed by atoms with Crippen LogP contribution in [0.4, 0.5) is 5.69 Å². The Morgan fingerprint density at radius 1 is 1.06 bits per heavy atom. The molecule has 0 radical (unpaired) electrons. The van der Waals surface area contributed by atoms with E-state index in [4.69, 9.17) is 27.9 Å². The number of benzene rings is 2. The summed E-state index contributed by atoms with van der Waals surface area (Å²) in [7, 11) is 0. The zero-order chi connectivity index (χ0) is 22.3. The summed E-state index contributed by atoms with van der Waals surface area (Å²) in [5.41, 5.74) is 2.00. The van der Waals surface area contributed by atoms with Crippen LogP contribution in [0.5, 0.6) is 0 Å². The summed E-state index contributed by atoms with van der Waals surface area (Å²) in [6.07, 6.45) is 1.67. The number of nitrogens with zero attached hydrogens (tertiary/aromatic N) is 2. The third-order valence-electron chi connectivity index (χ3n) is 5.45. The van der Waals surface area contributed by atoms with E-state index in [1.165, 1.54) is 12.1 Å². The topological polar surface area (TPSA) is 84.0 Å². The lowest BCUT2D eigenvalue weighted by Crippen LogP contribution is -2.44. The number of carbonyl (C=O) groups is 4. The lowest BCUT2D eigenvalue weighted by atomic mass is 9.96. The molecule has 2 heterocycles. The number of hydrogen-bond donors (Lipinski definition) is 0. The van der Waals surface area contributed by atoms with Gasteiger partial charge < -0.3 is 9.64 Å². The number of amides is 3. The van der Waals surface area contributed by atoms with Crippen molar-refractivity contribution < 1.29 is 23.9 Å².